The molecule has 0 saturated heterocycles. The molecule has 0 aliphatic rings. The van der Waals surface area contributed by atoms with Gasteiger partial charge in [-0.25, -0.2) is 4.39 Å². The Kier molecular flexibility index (Phi) is 5.54. The second-order valence-electron chi connectivity index (χ2n) is 4.17. The van der Waals surface area contributed by atoms with Gasteiger partial charge >= 0.3 is 6.18 Å². The highest BCUT2D eigenvalue weighted by Crippen LogP contribution is 2.32. The summed E-state index contributed by atoms with van der Waals surface area (Å²) in [4.78, 5) is 0. The number of likely N-dealkylation sites (N-methyl/N-ethyl adjacent to an activating group) is 1. The van der Waals surface area contributed by atoms with E-state index in [1.54, 1.807) is 6.08 Å². The lowest BCUT2D eigenvalue weighted by atomic mass is 10.1. The van der Waals surface area contributed by atoms with Crippen LogP contribution in [0, 0.1) is 5.82 Å². The van der Waals surface area contributed by atoms with Gasteiger partial charge in [0.25, 0.3) is 0 Å². The van der Waals surface area contributed by atoms with Crippen molar-refractivity contribution in [1.29, 1.82) is 0 Å². The van der Waals surface area contributed by atoms with Gasteiger partial charge in [-0.1, -0.05) is 31.6 Å². The van der Waals surface area contributed by atoms with Crippen molar-refractivity contribution in [2.75, 3.05) is 13.1 Å². The van der Waals surface area contributed by atoms with E-state index in [9.17, 15) is 17.6 Å². The zero-order valence-electron chi connectivity index (χ0n) is 10.9. The van der Waals surface area contributed by atoms with Gasteiger partial charge in [-0.05, 0) is 30.7 Å². The molecular formula is C14H17F4N. The second kappa shape index (κ2) is 6.70. The van der Waals surface area contributed by atoms with Crippen molar-refractivity contribution in [2.24, 2.45) is 0 Å². The zero-order chi connectivity index (χ0) is 14.5. The molecule has 5 heteroatoms. The van der Waals surface area contributed by atoms with Crippen molar-refractivity contribution in [3.63, 3.8) is 0 Å². The van der Waals surface area contributed by atoms with Crippen molar-refractivity contribution >= 4 is 6.08 Å². The highest BCUT2D eigenvalue weighted by Gasteiger charge is 2.33. The third kappa shape index (κ3) is 4.67. The van der Waals surface area contributed by atoms with E-state index in [0.717, 1.165) is 30.7 Å². The molecule has 0 amide bonds. The van der Waals surface area contributed by atoms with Crippen LogP contribution in [0.5, 0.6) is 0 Å². The number of halogens is 4. The summed E-state index contributed by atoms with van der Waals surface area (Å²) in [5, 5.41) is 3.11. The molecule has 1 N–H and O–H groups in total. The van der Waals surface area contributed by atoms with Crippen LogP contribution in [0.15, 0.2) is 23.8 Å². The van der Waals surface area contributed by atoms with E-state index in [1.165, 1.54) is 6.07 Å². The van der Waals surface area contributed by atoms with E-state index in [1.807, 2.05) is 13.8 Å². The maximum atomic E-state index is 13.1. The summed E-state index contributed by atoms with van der Waals surface area (Å²) >= 11 is 0. The molecule has 1 aromatic carbocycles. The van der Waals surface area contributed by atoms with Gasteiger partial charge in [-0.2, -0.15) is 13.2 Å². The third-order valence-corrected chi connectivity index (χ3v) is 2.72. The van der Waals surface area contributed by atoms with Gasteiger partial charge in [0.1, 0.15) is 5.82 Å². The molecule has 1 aromatic rings. The number of rotatable bonds is 5. The van der Waals surface area contributed by atoms with Crippen molar-refractivity contribution < 1.29 is 17.6 Å². The fourth-order valence-corrected chi connectivity index (χ4v) is 1.65. The lowest BCUT2D eigenvalue weighted by Crippen LogP contribution is -2.15. The first kappa shape index (κ1) is 15.7. The van der Waals surface area contributed by atoms with E-state index in [4.69, 9.17) is 0 Å². The first-order valence-electron chi connectivity index (χ1n) is 6.15. The highest BCUT2D eigenvalue weighted by atomic mass is 19.4. The summed E-state index contributed by atoms with van der Waals surface area (Å²) in [7, 11) is 0. The highest BCUT2D eigenvalue weighted by molar-refractivity contribution is 5.54. The fourth-order valence-electron chi connectivity index (χ4n) is 1.65. The smallest absolute Gasteiger partial charge is 0.313 e. The normalized spacial score (nSPS) is 12.8. The number of benzene rings is 1. The fraction of sp³-hybridized carbons (Fsp3) is 0.429. The molecule has 0 fully saturated rings. The lowest BCUT2D eigenvalue weighted by molar-refractivity contribution is -0.140. The standard InChI is InChI=1S/C14H17F4N/c1-3-10(9-19-4-2)7-11-5-6-13(15)12(8-11)14(16,17)18/h5-8,19H,3-4,9H2,1-2H3/b10-7+. The Morgan fingerprint density at radius 2 is 1.95 bits per heavy atom. The minimum absolute atomic E-state index is 0.364. The van der Waals surface area contributed by atoms with Crippen LogP contribution in [0.2, 0.25) is 0 Å². The van der Waals surface area contributed by atoms with Gasteiger partial charge in [-0.3, -0.25) is 0 Å². The predicted octanol–water partition coefficient (Wildman–Crippen LogP) is 4.25. The van der Waals surface area contributed by atoms with Crippen LogP contribution in [-0.4, -0.2) is 13.1 Å². The molecule has 0 atom stereocenters. The topological polar surface area (TPSA) is 12.0 Å². The van der Waals surface area contributed by atoms with Crippen molar-refractivity contribution in [3.8, 4) is 0 Å². The van der Waals surface area contributed by atoms with Crippen LogP contribution >= 0.6 is 0 Å². The molecule has 0 aromatic heterocycles. The van der Waals surface area contributed by atoms with Crippen LogP contribution in [0.1, 0.15) is 31.4 Å². The van der Waals surface area contributed by atoms with E-state index in [2.05, 4.69) is 5.32 Å². The minimum Gasteiger partial charge on any atom is -0.313 e. The molecule has 106 valence electrons. The van der Waals surface area contributed by atoms with Crippen LogP contribution in [-0.2, 0) is 6.18 Å². The molecule has 0 spiro atoms. The van der Waals surface area contributed by atoms with Gasteiger partial charge in [-0.15, -0.1) is 0 Å². The van der Waals surface area contributed by atoms with Crippen molar-refractivity contribution in [3.05, 3.63) is 40.7 Å². The van der Waals surface area contributed by atoms with Gasteiger partial charge < -0.3 is 5.32 Å². The third-order valence-electron chi connectivity index (χ3n) is 2.72. The molecular weight excluding hydrogens is 258 g/mol. The first-order chi connectivity index (χ1) is 8.88. The molecule has 0 bridgehead atoms. The van der Waals surface area contributed by atoms with Gasteiger partial charge in [0.15, 0.2) is 0 Å². The van der Waals surface area contributed by atoms with E-state index < -0.39 is 17.6 Å². The maximum Gasteiger partial charge on any atom is 0.419 e. The molecule has 1 nitrogen and oxygen atoms in total. The summed E-state index contributed by atoms with van der Waals surface area (Å²) in [6.07, 6.45) is -2.27. The largest absolute Gasteiger partial charge is 0.419 e. The Balaban J connectivity index is 3.04. The van der Waals surface area contributed by atoms with Crippen LogP contribution in [0.4, 0.5) is 17.6 Å². The summed E-state index contributed by atoms with van der Waals surface area (Å²) in [5.41, 5.74) is 0.116. The van der Waals surface area contributed by atoms with Crippen molar-refractivity contribution in [1.82, 2.24) is 5.32 Å². The Bertz CT molecular complexity index is 449. The van der Waals surface area contributed by atoms with Gasteiger partial charge in [0, 0.05) is 6.54 Å². The molecule has 0 unspecified atom stereocenters. The monoisotopic (exact) mass is 275 g/mol. The Morgan fingerprint density at radius 3 is 2.47 bits per heavy atom. The minimum atomic E-state index is -4.66. The van der Waals surface area contributed by atoms with Crippen LogP contribution < -0.4 is 5.32 Å². The SMILES string of the molecule is CCNC/C(=C/c1ccc(F)c(C(F)(F)F)c1)CC. The Morgan fingerprint density at radius 1 is 1.26 bits per heavy atom. The number of hydrogen-bond acceptors (Lipinski definition) is 1. The molecule has 0 radical (unpaired) electrons. The van der Waals surface area contributed by atoms with E-state index in [0.29, 0.717) is 12.1 Å². The molecule has 0 aliphatic carbocycles. The molecule has 0 heterocycles. The van der Waals surface area contributed by atoms with E-state index >= 15 is 0 Å². The van der Waals surface area contributed by atoms with Gasteiger partial charge in [0.2, 0.25) is 0 Å². The Labute approximate surface area is 110 Å². The average molecular weight is 275 g/mol. The summed E-state index contributed by atoms with van der Waals surface area (Å²) < 4.78 is 50.9. The predicted molar refractivity (Wildman–Crippen MR) is 68.2 cm³/mol. The molecule has 1 rings (SSSR count). The second-order valence-corrected chi connectivity index (χ2v) is 4.17. The average Bonchev–Trinajstić information content (AvgIpc) is 2.35. The van der Waals surface area contributed by atoms with Crippen LogP contribution in [0.3, 0.4) is 0 Å². The summed E-state index contributed by atoms with van der Waals surface area (Å²) in [5.74, 6) is -1.24. The number of alkyl halides is 3. The number of hydrogen-bond donors (Lipinski definition) is 1. The van der Waals surface area contributed by atoms with E-state index in [-0.39, 0.29) is 0 Å². The quantitative estimate of drug-likeness (QED) is 0.792. The molecule has 0 aliphatic heterocycles. The molecule has 0 saturated carbocycles. The zero-order valence-corrected chi connectivity index (χ0v) is 10.9. The lowest BCUT2D eigenvalue weighted by Gasteiger charge is -2.10. The summed E-state index contributed by atoms with van der Waals surface area (Å²) in [6, 6.07) is 3.05. The van der Waals surface area contributed by atoms with Gasteiger partial charge in [0.05, 0.1) is 5.56 Å². The first-order valence-corrected chi connectivity index (χ1v) is 6.15. The maximum absolute atomic E-state index is 13.1. The Hall–Kier alpha value is -1.36. The number of nitrogens with one attached hydrogen (secondary N) is 1. The molecule has 19 heavy (non-hydrogen) atoms. The van der Waals surface area contributed by atoms with Crippen LogP contribution in [0.25, 0.3) is 6.08 Å². The summed E-state index contributed by atoms with van der Waals surface area (Å²) in [6.45, 7) is 5.28. The van der Waals surface area contributed by atoms with Crippen molar-refractivity contribution in [2.45, 2.75) is 26.4 Å².